The number of nitrogens with zero attached hydrogens (tertiary/aromatic N) is 3. The van der Waals surface area contributed by atoms with Gasteiger partial charge in [0.25, 0.3) is 0 Å². The van der Waals surface area contributed by atoms with Gasteiger partial charge in [0, 0.05) is 17.2 Å². The molecule has 0 bridgehead atoms. The predicted octanol–water partition coefficient (Wildman–Crippen LogP) is 3.98. The molecule has 1 aromatic carbocycles. The minimum atomic E-state index is -0.0733. The number of aromatic amines is 1. The van der Waals surface area contributed by atoms with E-state index < -0.39 is 0 Å². The lowest BCUT2D eigenvalue weighted by atomic mass is 10.2. The third-order valence-corrected chi connectivity index (χ3v) is 3.99. The molecule has 1 atom stereocenters. The number of rotatable bonds is 3. The summed E-state index contributed by atoms with van der Waals surface area (Å²) in [4.78, 5) is 0. The minimum absolute atomic E-state index is 0.0733. The average Bonchev–Trinajstić information content (AvgIpc) is 3.08. The number of ether oxygens (including phenoxy) is 1. The molecule has 2 heterocycles. The van der Waals surface area contributed by atoms with Crippen molar-refractivity contribution in [1.82, 2.24) is 14.9 Å². The molecule has 1 aliphatic heterocycles. The summed E-state index contributed by atoms with van der Waals surface area (Å²) in [6.07, 6.45) is 3.48. The van der Waals surface area contributed by atoms with Gasteiger partial charge in [0.15, 0.2) is 5.82 Å². The van der Waals surface area contributed by atoms with E-state index >= 15 is 0 Å². The third-order valence-electron chi connectivity index (χ3n) is 3.17. The van der Waals surface area contributed by atoms with Gasteiger partial charge in [-0.3, -0.25) is 5.10 Å². The zero-order valence-electron chi connectivity index (χ0n) is 10.9. The molecule has 0 aliphatic carbocycles. The molecule has 1 saturated heterocycles. The normalized spacial score (nSPS) is 18.7. The molecule has 3 rings (SSSR count). The lowest BCUT2D eigenvalue weighted by Gasteiger charge is -2.07. The van der Waals surface area contributed by atoms with E-state index in [2.05, 4.69) is 15.3 Å². The number of benzene rings is 1. The van der Waals surface area contributed by atoms with Crippen LogP contribution >= 0.6 is 35.4 Å². The summed E-state index contributed by atoms with van der Waals surface area (Å²) in [5, 5.41) is 12.4. The molecule has 1 aliphatic rings. The highest BCUT2D eigenvalue weighted by Gasteiger charge is 2.23. The topological polar surface area (TPSA) is 55.2 Å². The van der Waals surface area contributed by atoms with Crippen LogP contribution in [-0.2, 0) is 4.74 Å². The molecular formula is C13H12Cl2N4OS. The smallest absolute Gasteiger partial charge is 0.216 e. The van der Waals surface area contributed by atoms with Crippen LogP contribution in [0.5, 0.6) is 0 Å². The molecule has 2 aromatic rings. The van der Waals surface area contributed by atoms with Crippen molar-refractivity contribution in [1.29, 1.82) is 0 Å². The zero-order valence-corrected chi connectivity index (χ0v) is 13.3. The first kappa shape index (κ1) is 14.7. The van der Waals surface area contributed by atoms with Crippen molar-refractivity contribution in [2.45, 2.75) is 18.9 Å². The predicted molar refractivity (Wildman–Crippen MR) is 84.8 cm³/mol. The maximum atomic E-state index is 6.12. The van der Waals surface area contributed by atoms with Gasteiger partial charge in [-0.25, -0.2) is 0 Å². The van der Waals surface area contributed by atoms with Crippen molar-refractivity contribution in [2.24, 2.45) is 5.10 Å². The van der Waals surface area contributed by atoms with Gasteiger partial charge in [-0.15, -0.1) is 0 Å². The van der Waals surface area contributed by atoms with Crippen LogP contribution in [0.3, 0.4) is 0 Å². The highest BCUT2D eigenvalue weighted by atomic mass is 35.5. The summed E-state index contributed by atoms with van der Waals surface area (Å²) in [6.45, 7) is 0.733. The van der Waals surface area contributed by atoms with Gasteiger partial charge < -0.3 is 4.74 Å². The van der Waals surface area contributed by atoms with E-state index in [-0.39, 0.29) is 6.10 Å². The fraction of sp³-hybridized carbons (Fsp3) is 0.308. The lowest BCUT2D eigenvalue weighted by Crippen LogP contribution is -2.05. The quantitative estimate of drug-likeness (QED) is 0.677. The van der Waals surface area contributed by atoms with Gasteiger partial charge in [-0.1, -0.05) is 29.3 Å². The summed E-state index contributed by atoms with van der Waals surface area (Å²) in [5.74, 6) is 0.679. The molecule has 0 saturated carbocycles. The van der Waals surface area contributed by atoms with Crippen LogP contribution in [0, 0.1) is 4.77 Å². The number of halogens is 2. The first-order valence-corrected chi connectivity index (χ1v) is 7.60. The Morgan fingerprint density at radius 2 is 2.33 bits per heavy atom. The van der Waals surface area contributed by atoms with Crippen molar-refractivity contribution in [3.63, 3.8) is 0 Å². The molecule has 0 radical (unpaired) electrons. The highest BCUT2D eigenvalue weighted by Crippen LogP contribution is 2.27. The van der Waals surface area contributed by atoms with Gasteiger partial charge in [-0.05, 0) is 37.2 Å². The molecule has 8 heteroatoms. The average molecular weight is 343 g/mol. The lowest BCUT2D eigenvalue weighted by molar-refractivity contribution is 0.102. The Kier molecular flexibility index (Phi) is 4.40. The summed E-state index contributed by atoms with van der Waals surface area (Å²) in [6, 6.07) is 5.22. The fourth-order valence-corrected chi connectivity index (χ4v) is 2.77. The Bertz CT molecular complexity index is 734. The molecule has 1 fully saturated rings. The Hall–Kier alpha value is -1.21. The Balaban J connectivity index is 1.92. The van der Waals surface area contributed by atoms with Crippen LogP contribution < -0.4 is 0 Å². The first-order chi connectivity index (χ1) is 10.1. The number of aromatic nitrogens is 3. The molecule has 1 aromatic heterocycles. The van der Waals surface area contributed by atoms with E-state index in [1.165, 1.54) is 0 Å². The van der Waals surface area contributed by atoms with Crippen LogP contribution in [0.2, 0.25) is 10.0 Å². The summed E-state index contributed by atoms with van der Waals surface area (Å²) in [7, 11) is 0. The molecule has 0 spiro atoms. The number of H-pyrrole nitrogens is 1. The molecule has 0 unspecified atom stereocenters. The molecule has 5 nitrogen and oxygen atoms in total. The molecule has 1 N–H and O–H groups in total. The van der Waals surface area contributed by atoms with Crippen LogP contribution in [0.25, 0.3) is 0 Å². The zero-order chi connectivity index (χ0) is 14.8. The molecule has 110 valence electrons. The van der Waals surface area contributed by atoms with Crippen LogP contribution in [-0.4, -0.2) is 27.7 Å². The van der Waals surface area contributed by atoms with E-state index in [0.717, 1.165) is 25.0 Å². The van der Waals surface area contributed by atoms with Crippen LogP contribution in [0.1, 0.15) is 30.3 Å². The summed E-state index contributed by atoms with van der Waals surface area (Å²) >= 11 is 17.2. The van der Waals surface area contributed by atoms with Gasteiger partial charge >= 0.3 is 0 Å². The van der Waals surface area contributed by atoms with Crippen molar-refractivity contribution in [3.05, 3.63) is 44.4 Å². The second-order valence-corrected chi connectivity index (χ2v) is 5.84. The fourth-order valence-electron chi connectivity index (χ4n) is 2.13. The standard InChI is InChI=1S/C13H12Cl2N4OS/c14-9-4-3-8(10(15)6-9)7-16-19-12(17-18-13(19)21)11-2-1-5-20-11/h3-4,6-7,11H,1-2,5H2,(H,18,21)/b16-7-/t11-/m0/s1. The number of nitrogens with one attached hydrogen (secondary N) is 1. The SMILES string of the molecule is S=c1[nH]nc([C@@H]2CCCO2)n1/N=C\c1ccc(Cl)cc1Cl. The molecule has 21 heavy (non-hydrogen) atoms. The van der Waals surface area contributed by atoms with E-state index in [0.29, 0.717) is 20.6 Å². The number of hydrogen-bond acceptors (Lipinski definition) is 4. The Labute approximate surface area is 136 Å². The van der Waals surface area contributed by atoms with Gasteiger partial charge in [0.05, 0.1) is 11.2 Å². The van der Waals surface area contributed by atoms with Crippen LogP contribution in [0.15, 0.2) is 23.3 Å². The summed E-state index contributed by atoms with van der Waals surface area (Å²) in [5.41, 5.74) is 0.752. The first-order valence-electron chi connectivity index (χ1n) is 6.43. The molecular weight excluding hydrogens is 331 g/mol. The van der Waals surface area contributed by atoms with E-state index in [1.54, 1.807) is 29.1 Å². The maximum absolute atomic E-state index is 6.12. The van der Waals surface area contributed by atoms with Crippen LogP contribution in [0.4, 0.5) is 0 Å². The highest BCUT2D eigenvalue weighted by molar-refractivity contribution is 7.71. The summed E-state index contributed by atoms with van der Waals surface area (Å²) < 4.78 is 7.60. The maximum Gasteiger partial charge on any atom is 0.216 e. The minimum Gasteiger partial charge on any atom is -0.370 e. The number of hydrogen-bond donors (Lipinski definition) is 1. The molecule has 0 amide bonds. The van der Waals surface area contributed by atoms with Crippen molar-refractivity contribution in [2.75, 3.05) is 6.61 Å². The third kappa shape index (κ3) is 3.18. The van der Waals surface area contributed by atoms with Gasteiger partial charge in [0.2, 0.25) is 4.77 Å². The second kappa shape index (κ2) is 6.27. The van der Waals surface area contributed by atoms with Crippen molar-refractivity contribution >= 4 is 41.6 Å². The Morgan fingerprint density at radius 3 is 3.05 bits per heavy atom. The van der Waals surface area contributed by atoms with E-state index in [9.17, 15) is 0 Å². The Morgan fingerprint density at radius 1 is 1.48 bits per heavy atom. The van der Waals surface area contributed by atoms with E-state index in [4.69, 9.17) is 40.2 Å². The monoisotopic (exact) mass is 342 g/mol. The van der Waals surface area contributed by atoms with Crippen molar-refractivity contribution < 1.29 is 4.74 Å². The van der Waals surface area contributed by atoms with Gasteiger partial charge in [0.1, 0.15) is 6.10 Å². The van der Waals surface area contributed by atoms with Crippen molar-refractivity contribution in [3.8, 4) is 0 Å². The largest absolute Gasteiger partial charge is 0.370 e. The van der Waals surface area contributed by atoms with E-state index in [1.807, 2.05) is 0 Å². The second-order valence-electron chi connectivity index (χ2n) is 4.61. The van der Waals surface area contributed by atoms with Gasteiger partial charge in [-0.2, -0.15) is 14.9 Å².